The number of halogens is 2. The van der Waals surface area contributed by atoms with E-state index in [9.17, 15) is 13.6 Å². The van der Waals surface area contributed by atoms with Crippen molar-refractivity contribution in [3.63, 3.8) is 0 Å². The Morgan fingerprint density at radius 3 is 2.38 bits per heavy atom. The van der Waals surface area contributed by atoms with Crippen molar-refractivity contribution in [2.75, 3.05) is 0 Å². The molecule has 0 amide bonds. The number of aliphatic carboxylic acids is 1. The van der Waals surface area contributed by atoms with E-state index < -0.39 is 23.7 Å². The zero-order chi connectivity index (χ0) is 10.1. The molecule has 0 bridgehead atoms. The fourth-order valence-electron chi connectivity index (χ4n) is 2.08. The van der Waals surface area contributed by atoms with Crippen LogP contribution in [-0.2, 0) is 4.79 Å². The lowest BCUT2D eigenvalue weighted by molar-refractivity contribution is -0.151. The smallest absolute Gasteiger partial charge is 0.309 e. The summed E-state index contributed by atoms with van der Waals surface area (Å²) >= 11 is 0. The lowest BCUT2D eigenvalue weighted by Gasteiger charge is -2.22. The molecule has 0 radical (unpaired) electrons. The summed E-state index contributed by atoms with van der Waals surface area (Å²) in [6.07, 6.45) is 0.353. The molecule has 1 aliphatic carbocycles. The van der Waals surface area contributed by atoms with Crippen molar-refractivity contribution in [1.29, 1.82) is 0 Å². The molecule has 1 N–H and O–H groups in total. The molecule has 1 rings (SSSR count). The first-order chi connectivity index (χ1) is 5.92. The maximum Gasteiger partial charge on any atom is 0.309 e. The second-order valence-corrected chi connectivity index (χ2v) is 3.87. The maximum atomic E-state index is 12.9. The van der Waals surface area contributed by atoms with Crippen molar-refractivity contribution in [3.8, 4) is 0 Å². The minimum atomic E-state index is -2.77. The van der Waals surface area contributed by atoms with Crippen molar-refractivity contribution >= 4 is 5.97 Å². The Morgan fingerprint density at radius 2 is 2.08 bits per heavy atom. The highest BCUT2D eigenvalue weighted by Gasteiger charge is 2.53. The molecule has 1 saturated carbocycles. The van der Waals surface area contributed by atoms with Gasteiger partial charge < -0.3 is 5.11 Å². The fraction of sp³-hybridized carbons (Fsp3) is 0.889. The van der Waals surface area contributed by atoms with Gasteiger partial charge in [-0.25, -0.2) is 8.78 Å². The van der Waals surface area contributed by atoms with Crippen molar-refractivity contribution in [2.45, 2.75) is 45.0 Å². The van der Waals surface area contributed by atoms with Gasteiger partial charge in [0.05, 0.1) is 5.41 Å². The first-order valence-corrected chi connectivity index (χ1v) is 4.53. The van der Waals surface area contributed by atoms with Gasteiger partial charge in [0.2, 0.25) is 5.92 Å². The van der Waals surface area contributed by atoms with Crippen LogP contribution >= 0.6 is 0 Å². The van der Waals surface area contributed by atoms with Crippen LogP contribution in [0.5, 0.6) is 0 Å². The van der Waals surface area contributed by atoms with E-state index in [1.54, 1.807) is 0 Å². The lowest BCUT2D eigenvalue weighted by atomic mass is 9.82. The van der Waals surface area contributed by atoms with Crippen LogP contribution in [-0.4, -0.2) is 17.0 Å². The molecule has 1 unspecified atom stereocenters. The number of rotatable bonds is 3. The van der Waals surface area contributed by atoms with Crippen LogP contribution < -0.4 is 0 Å². The molecule has 0 heterocycles. The third-order valence-corrected chi connectivity index (χ3v) is 2.75. The summed E-state index contributed by atoms with van der Waals surface area (Å²) in [5.41, 5.74) is -1.15. The highest BCUT2D eigenvalue weighted by molar-refractivity contribution is 5.75. The Labute approximate surface area is 75.9 Å². The first kappa shape index (κ1) is 10.4. The van der Waals surface area contributed by atoms with Crippen molar-refractivity contribution in [2.24, 2.45) is 5.41 Å². The average Bonchev–Trinajstić information content (AvgIpc) is 2.28. The Balaban J connectivity index is 2.77. The van der Waals surface area contributed by atoms with E-state index in [4.69, 9.17) is 5.11 Å². The first-order valence-electron chi connectivity index (χ1n) is 4.53. The summed E-state index contributed by atoms with van der Waals surface area (Å²) in [7, 11) is 0. The Kier molecular flexibility index (Phi) is 2.59. The number of carboxylic acid groups (broad SMARTS) is 1. The third-order valence-electron chi connectivity index (χ3n) is 2.75. The summed E-state index contributed by atoms with van der Waals surface area (Å²) < 4.78 is 25.7. The SMILES string of the molecule is CCCC1(C(=O)O)CCC(F)(F)C1. The molecule has 0 aromatic rings. The van der Waals surface area contributed by atoms with Gasteiger partial charge in [0.25, 0.3) is 0 Å². The van der Waals surface area contributed by atoms with E-state index in [1.165, 1.54) is 0 Å². The number of carboxylic acids is 1. The van der Waals surface area contributed by atoms with E-state index in [-0.39, 0.29) is 12.8 Å². The van der Waals surface area contributed by atoms with Crippen molar-refractivity contribution in [1.82, 2.24) is 0 Å². The van der Waals surface area contributed by atoms with Gasteiger partial charge in [-0.15, -0.1) is 0 Å². The topological polar surface area (TPSA) is 37.3 Å². The van der Waals surface area contributed by atoms with Crippen LogP contribution in [0.25, 0.3) is 0 Å². The Morgan fingerprint density at radius 1 is 1.46 bits per heavy atom. The number of hydrogen-bond donors (Lipinski definition) is 1. The summed E-state index contributed by atoms with van der Waals surface area (Å²) in [4.78, 5) is 10.9. The van der Waals surface area contributed by atoms with E-state index in [2.05, 4.69) is 0 Å². The van der Waals surface area contributed by atoms with Crippen LogP contribution in [0.15, 0.2) is 0 Å². The minimum absolute atomic E-state index is 0.114. The Bertz CT molecular complexity index is 216. The fourth-order valence-corrected chi connectivity index (χ4v) is 2.08. The number of hydrogen-bond acceptors (Lipinski definition) is 1. The van der Waals surface area contributed by atoms with Gasteiger partial charge in [0.1, 0.15) is 0 Å². The molecule has 13 heavy (non-hydrogen) atoms. The molecule has 1 aliphatic rings. The number of alkyl halides is 2. The monoisotopic (exact) mass is 192 g/mol. The lowest BCUT2D eigenvalue weighted by Crippen LogP contribution is -2.29. The maximum absolute atomic E-state index is 12.9. The highest BCUT2D eigenvalue weighted by atomic mass is 19.3. The molecular weight excluding hydrogens is 178 g/mol. The predicted molar refractivity (Wildman–Crippen MR) is 43.8 cm³/mol. The number of carbonyl (C=O) groups is 1. The summed E-state index contributed by atoms with van der Waals surface area (Å²) in [6, 6.07) is 0. The van der Waals surface area contributed by atoms with E-state index >= 15 is 0 Å². The molecule has 1 fully saturated rings. The van der Waals surface area contributed by atoms with E-state index in [0.29, 0.717) is 12.8 Å². The molecule has 0 saturated heterocycles. The van der Waals surface area contributed by atoms with Crippen molar-refractivity contribution in [3.05, 3.63) is 0 Å². The summed E-state index contributed by atoms with van der Waals surface area (Å²) in [6.45, 7) is 1.82. The van der Waals surface area contributed by atoms with Gasteiger partial charge in [-0.2, -0.15) is 0 Å². The second-order valence-electron chi connectivity index (χ2n) is 3.87. The van der Waals surface area contributed by atoms with Crippen LogP contribution in [0, 0.1) is 5.41 Å². The van der Waals surface area contributed by atoms with Gasteiger partial charge in [0, 0.05) is 12.8 Å². The third kappa shape index (κ3) is 1.98. The molecule has 0 aromatic heterocycles. The van der Waals surface area contributed by atoms with Gasteiger partial charge in [-0.05, 0) is 12.8 Å². The standard InChI is InChI=1S/C9H14F2O2/c1-2-3-8(7(12)13)4-5-9(10,11)6-8/h2-6H2,1H3,(H,12,13). The zero-order valence-electron chi connectivity index (χ0n) is 7.65. The minimum Gasteiger partial charge on any atom is -0.481 e. The zero-order valence-corrected chi connectivity index (χ0v) is 7.65. The van der Waals surface area contributed by atoms with E-state index in [0.717, 1.165) is 0 Å². The van der Waals surface area contributed by atoms with Crippen LogP contribution in [0.2, 0.25) is 0 Å². The molecular formula is C9H14F2O2. The van der Waals surface area contributed by atoms with Gasteiger partial charge in [-0.3, -0.25) is 4.79 Å². The van der Waals surface area contributed by atoms with Gasteiger partial charge in [-0.1, -0.05) is 13.3 Å². The van der Waals surface area contributed by atoms with E-state index in [1.807, 2.05) is 6.92 Å². The van der Waals surface area contributed by atoms with Crippen LogP contribution in [0.4, 0.5) is 8.78 Å². The second kappa shape index (κ2) is 3.24. The van der Waals surface area contributed by atoms with Crippen LogP contribution in [0.1, 0.15) is 39.0 Å². The predicted octanol–water partition coefficient (Wildman–Crippen LogP) is 2.68. The van der Waals surface area contributed by atoms with Crippen LogP contribution in [0.3, 0.4) is 0 Å². The van der Waals surface area contributed by atoms with Gasteiger partial charge >= 0.3 is 5.97 Å². The summed E-state index contributed by atoms with van der Waals surface area (Å²) in [5, 5.41) is 8.89. The molecule has 1 atom stereocenters. The molecule has 0 aromatic carbocycles. The largest absolute Gasteiger partial charge is 0.481 e. The Hall–Kier alpha value is -0.670. The van der Waals surface area contributed by atoms with Gasteiger partial charge in [0.15, 0.2) is 0 Å². The molecule has 4 heteroatoms. The summed E-state index contributed by atoms with van der Waals surface area (Å²) in [5.74, 6) is -3.83. The normalized spacial score (nSPS) is 31.9. The van der Waals surface area contributed by atoms with Crippen molar-refractivity contribution < 1.29 is 18.7 Å². The molecule has 0 spiro atoms. The highest BCUT2D eigenvalue weighted by Crippen LogP contribution is 2.50. The quantitative estimate of drug-likeness (QED) is 0.746. The molecule has 0 aliphatic heterocycles. The molecule has 2 nitrogen and oxygen atoms in total. The average molecular weight is 192 g/mol. The molecule has 76 valence electrons.